The lowest BCUT2D eigenvalue weighted by molar-refractivity contribution is 0.418. The van der Waals surface area contributed by atoms with Gasteiger partial charge < -0.3 is 10.2 Å². The molecular weight excluding hydrogens is 212 g/mol. The van der Waals surface area contributed by atoms with E-state index in [1.165, 1.54) is 6.42 Å². The molecule has 2 heterocycles. The summed E-state index contributed by atoms with van der Waals surface area (Å²) in [6.07, 6.45) is 5.07. The van der Waals surface area contributed by atoms with Crippen molar-refractivity contribution in [3.63, 3.8) is 0 Å². The molecule has 94 valence electrons. The van der Waals surface area contributed by atoms with E-state index in [-0.39, 0.29) is 0 Å². The maximum Gasteiger partial charge on any atom is 0.225 e. The third kappa shape index (κ3) is 3.16. The SMILES string of the molecule is CCNCc1cnc(N2CCC(C)(C)C2)nc1. The number of anilines is 1. The van der Waals surface area contributed by atoms with Gasteiger partial charge in [-0.3, -0.25) is 0 Å². The minimum absolute atomic E-state index is 0.395. The Balaban J connectivity index is 1.98. The maximum absolute atomic E-state index is 4.45. The molecule has 0 unspecified atom stereocenters. The summed E-state index contributed by atoms with van der Waals surface area (Å²) in [6, 6.07) is 0. The Morgan fingerprint density at radius 2 is 2.06 bits per heavy atom. The molecule has 1 saturated heterocycles. The maximum atomic E-state index is 4.45. The predicted molar refractivity (Wildman–Crippen MR) is 70.0 cm³/mol. The van der Waals surface area contributed by atoms with Gasteiger partial charge in [0.15, 0.2) is 0 Å². The molecule has 1 aromatic rings. The number of rotatable bonds is 4. The molecule has 0 amide bonds. The third-order valence-corrected chi connectivity index (χ3v) is 3.23. The molecule has 1 aromatic heterocycles. The molecule has 0 aliphatic carbocycles. The number of nitrogens with one attached hydrogen (secondary N) is 1. The Morgan fingerprint density at radius 3 is 2.59 bits per heavy atom. The third-order valence-electron chi connectivity index (χ3n) is 3.23. The molecule has 0 aromatic carbocycles. The number of nitrogens with zero attached hydrogens (tertiary/aromatic N) is 3. The van der Waals surface area contributed by atoms with Crippen LogP contribution in [0.4, 0.5) is 5.95 Å². The van der Waals surface area contributed by atoms with Gasteiger partial charge in [-0.15, -0.1) is 0 Å². The van der Waals surface area contributed by atoms with Crippen molar-refractivity contribution in [3.05, 3.63) is 18.0 Å². The fourth-order valence-corrected chi connectivity index (χ4v) is 2.16. The van der Waals surface area contributed by atoms with Crippen LogP contribution in [0.5, 0.6) is 0 Å². The van der Waals surface area contributed by atoms with Gasteiger partial charge in [0.25, 0.3) is 0 Å². The van der Waals surface area contributed by atoms with Gasteiger partial charge in [-0.2, -0.15) is 0 Å². The quantitative estimate of drug-likeness (QED) is 0.863. The molecule has 4 heteroatoms. The molecule has 0 bridgehead atoms. The zero-order chi connectivity index (χ0) is 12.3. The predicted octanol–water partition coefficient (Wildman–Crippen LogP) is 1.82. The van der Waals surface area contributed by atoms with E-state index in [0.29, 0.717) is 5.41 Å². The standard InChI is InChI=1S/C13H22N4/c1-4-14-7-11-8-15-12(16-9-11)17-6-5-13(2,3)10-17/h8-9,14H,4-7,10H2,1-3H3. The first-order valence-corrected chi connectivity index (χ1v) is 6.37. The average Bonchev–Trinajstić information content (AvgIpc) is 2.68. The minimum atomic E-state index is 0.395. The lowest BCUT2D eigenvalue weighted by atomic mass is 9.93. The highest BCUT2D eigenvalue weighted by Gasteiger charge is 2.30. The van der Waals surface area contributed by atoms with Gasteiger partial charge in [-0.05, 0) is 18.4 Å². The Bertz CT molecular complexity index is 358. The Kier molecular flexibility index (Phi) is 3.62. The van der Waals surface area contributed by atoms with Gasteiger partial charge in [-0.1, -0.05) is 20.8 Å². The van der Waals surface area contributed by atoms with E-state index in [2.05, 4.69) is 41.0 Å². The van der Waals surface area contributed by atoms with Crippen LogP contribution in [0.3, 0.4) is 0 Å². The van der Waals surface area contributed by atoms with Gasteiger partial charge in [-0.25, -0.2) is 9.97 Å². The van der Waals surface area contributed by atoms with Crippen molar-refractivity contribution >= 4 is 5.95 Å². The molecule has 4 nitrogen and oxygen atoms in total. The molecule has 2 rings (SSSR count). The van der Waals surface area contributed by atoms with E-state index >= 15 is 0 Å². The fourth-order valence-electron chi connectivity index (χ4n) is 2.16. The van der Waals surface area contributed by atoms with Crippen molar-refractivity contribution in [2.75, 3.05) is 24.5 Å². The van der Waals surface area contributed by atoms with Crippen LogP contribution in [0.2, 0.25) is 0 Å². The van der Waals surface area contributed by atoms with Crippen molar-refractivity contribution in [1.82, 2.24) is 15.3 Å². The largest absolute Gasteiger partial charge is 0.340 e. The van der Waals surface area contributed by atoms with Gasteiger partial charge in [0, 0.05) is 37.6 Å². The summed E-state index contributed by atoms with van der Waals surface area (Å²) in [5, 5.41) is 3.27. The monoisotopic (exact) mass is 234 g/mol. The van der Waals surface area contributed by atoms with Gasteiger partial charge in [0.1, 0.15) is 0 Å². The van der Waals surface area contributed by atoms with Crippen LogP contribution in [0, 0.1) is 5.41 Å². The average molecular weight is 234 g/mol. The van der Waals surface area contributed by atoms with E-state index in [9.17, 15) is 0 Å². The van der Waals surface area contributed by atoms with Crippen molar-refractivity contribution in [2.45, 2.75) is 33.7 Å². The first-order chi connectivity index (χ1) is 8.11. The zero-order valence-corrected chi connectivity index (χ0v) is 11.0. The second-order valence-electron chi connectivity index (χ2n) is 5.51. The lowest BCUT2D eigenvalue weighted by Crippen LogP contribution is -2.24. The summed E-state index contributed by atoms with van der Waals surface area (Å²) in [5.74, 6) is 0.871. The summed E-state index contributed by atoms with van der Waals surface area (Å²) in [7, 11) is 0. The molecule has 1 aliphatic heterocycles. The van der Waals surface area contributed by atoms with E-state index in [1.54, 1.807) is 0 Å². The van der Waals surface area contributed by atoms with E-state index in [4.69, 9.17) is 0 Å². The van der Waals surface area contributed by atoms with Crippen LogP contribution in [-0.2, 0) is 6.54 Å². The van der Waals surface area contributed by atoms with Crippen LogP contribution < -0.4 is 10.2 Å². The smallest absolute Gasteiger partial charge is 0.225 e. The number of hydrogen-bond donors (Lipinski definition) is 1. The summed E-state index contributed by atoms with van der Waals surface area (Å²) in [6.45, 7) is 10.6. The highest BCUT2D eigenvalue weighted by atomic mass is 15.3. The lowest BCUT2D eigenvalue weighted by Gasteiger charge is -2.19. The van der Waals surface area contributed by atoms with Crippen molar-refractivity contribution in [1.29, 1.82) is 0 Å². The van der Waals surface area contributed by atoms with E-state index in [1.807, 2.05) is 12.4 Å². The molecule has 0 radical (unpaired) electrons. The van der Waals surface area contributed by atoms with Gasteiger partial charge in [0.2, 0.25) is 5.95 Å². The second-order valence-corrected chi connectivity index (χ2v) is 5.51. The van der Waals surface area contributed by atoms with Crippen LogP contribution in [0.1, 0.15) is 32.8 Å². The molecular formula is C13H22N4. The van der Waals surface area contributed by atoms with Crippen molar-refractivity contribution in [3.8, 4) is 0 Å². The van der Waals surface area contributed by atoms with Crippen LogP contribution >= 0.6 is 0 Å². The molecule has 17 heavy (non-hydrogen) atoms. The number of aromatic nitrogens is 2. The second kappa shape index (κ2) is 5.00. The van der Waals surface area contributed by atoms with E-state index in [0.717, 1.165) is 37.7 Å². The highest BCUT2D eigenvalue weighted by Crippen LogP contribution is 2.30. The summed E-state index contributed by atoms with van der Waals surface area (Å²) < 4.78 is 0. The first kappa shape index (κ1) is 12.3. The van der Waals surface area contributed by atoms with E-state index < -0.39 is 0 Å². The van der Waals surface area contributed by atoms with Crippen LogP contribution in [0.25, 0.3) is 0 Å². The van der Waals surface area contributed by atoms with Crippen molar-refractivity contribution < 1.29 is 0 Å². The topological polar surface area (TPSA) is 41.1 Å². The number of hydrogen-bond acceptors (Lipinski definition) is 4. The Labute approximate surface area is 103 Å². The molecule has 1 N–H and O–H groups in total. The van der Waals surface area contributed by atoms with Crippen LogP contribution in [-0.4, -0.2) is 29.6 Å². The zero-order valence-electron chi connectivity index (χ0n) is 11.0. The summed E-state index contributed by atoms with van der Waals surface area (Å²) >= 11 is 0. The highest BCUT2D eigenvalue weighted by molar-refractivity contribution is 5.32. The first-order valence-electron chi connectivity index (χ1n) is 6.37. The Morgan fingerprint density at radius 1 is 1.35 bits per heavy atom. The van der Waals surface area contributed by atoms with Gasteiger partial charge in [0.05, 0.1) is 0 Å². The molecule has 1 fully saturated rings. The Hall–Kier alpha value is -1.16. The molecule has 0 spiro atoms. The molecule has 0 saturated carbocycles. The fraction of sp³-hybridized carbons (Fsp3) is 0.692. The molecule has 1 aliphatic rings. The summed E-state index contributed by atoms with van der Waals surface area (Å²) in [4.78, 5) is 11.2. The minimum Gasteiger partial charge on any atom is -0.340 e. The molecule has 0 atom stereocenters. The summed E-state index contributed by atoms with van der Waals surface area (Å²) in [5.41, 5.74) is 1.54. The van der Waals surface area contributed by atoms with Crippen LogP contribution in [0.15, 0.2) is 12.4 Å². The van der Waals surface area contributed by atoms with Gasteiger partial charge >= 0.3 is 0 Å². The van der Waals surface area contributed by atoms with Crippen molar-refractivity contribution in [2.24, 2.45) is 5.41 Å². The normalized spacial score (nSPS) is 18.6.